The van der Waals surface area contributed by atoms with Crippen LogP contribution in [0, 0.1) is 13.8 Å². The lowest BCUT2D eigenvalue weighted by atomic mass is 10.1. The van der Waals surface area contributed by atoms with E-state index in [0.717, 1.165) is 17.0 Å². The summed E-state index contributed by atoms with van der Waals surface area (Å²) in [6, 6.07) is 13.8. The predicted molar refractivity (Wildman–Crippen MR) is 89.5 cm³/mol. The van der Waals surface area contributed by atoms with E-state index in [1.807, 2.05) is 24.3 Å². The summed E-state index contributed by atoms with van der Waals surface area (Å²) in [5.74, 6) is 1.85. The summed E-state index contributed by atoms with van der Waals surface area (Å²) in [5, 5.41) is 11.5. The number of hydrogen-bond acceptors (Lipinski definition) is 5. The van der Waals surface area contributed by atoms with Crippen molar-refractivity contribution in [2.45, 2.75) is 20.4 Å². The number of methoxy groups -OCH3 is 1. The molecule has 1 heterocycles. The Hall–Kier alpha value is -2.82. The second kappa shape index (κ2) is 6.52. The number of anilines is 1. The largest absolute Gasteiger partial charge is 0.497 e. The van der Waals surface area contributed by atoms with Crippen LogP contribution in [0.2, 0.25) is 0 Å². The lowest BCUT2D eigenvalue weighted by molar-refractivity contribution is 0.415. The molecular weight excluding hydrogens is 290 g/mol. The standard InChI is InChI=1S/C18H19N3O2/c1-12-4-9-16(13(2)10-12)19-11-17-20-21-18(23-17)14-5-7-15(22-3)8-6-14/h4-10,19H,11H2,1-3H3. The summed E-state index contributed by atoms with van der Waals surface area (Å²) in [7, 11) is 1.64. The van der Waals surface area contributed by atoms with Gasteiger partial charge in [-0.25, -0.2) is 0 Å². The zero-order valence-electron chi connectivity index (χ0n) is 13.5. The lowest BCUT2D eigenvalue weighted by Gasteiger charge is -2.07. The number of nitrogens with zero attached hydrogens (tertiary/aromatic N) is 2. The number of ether oxygens (including phenoxy) is 1. The Balaban J connectivity index is 1.69. The van der Waals surface area contributed by atoms with Gasteiger partial charge in [-0.1, -0.05) is 17.7 Å². The SMILES string of the molecule is COc1ccc(-c2nnc(CNc3ccc(C)cc3C)o2)cc1. The summed E-state index contributed by atoms with van der Waals surface area (Å²) in [4.78, 5) is 0. The van der Waals surface area contributed by atoms with Crippen molar-refractivity contribution in [1.29, 1.82) is 0 Å². The third-order valence-corrected chi connectivity index (χ3v) is 3.62. The van der Waals surface area contributed by atoms with Crippen LogP contribution in [0.3, 0.4) is 0 Å². The number of rotatable bonds is 5. The highest BCUT2D eigenvalue weighted by Crippen LogP contribution is 2.22. The van der Waals surface area contributed by atoms with Gasteiger partial charge in [-0.3, -0.25) is 0 Å². The summed E-state index contributed by atoms with van der Waals surface area (Å²) < 4.78 is 10.8. The Morgan fingerprint density at radius 2 is 1.83 bits per heavy atom. The van der Waals surface area contributed by atoms with E-state index in [9.17, 15) is 0 Å². The number of benzene rings is 2. The maximum absolute atomic E-state index is 5.70. The van der Waals surface area contributed by atoms with E-state index in [1.165, 1.54) is 11.1 Å². The van der Waals surface area contributed by atoms with Gasteiger partial charge in [0.2, 0.25) is 11.8 Å². The van der Waals surface area contributed by atoms with Crippen molar-refractivity contribution in [2.24, 2.45) is 0 Å². The van der Waals surface area contributed by atoms with Crippen LogP contribution < -0.4 is 10.1 Å². The minimum Gasteiger partial charge on any atom is -0.497 e. The summed E-state index contributed by atoms with van der Waals surface area (Å²) in [5.41, 5.74) is 4.38. The van der Waals surface area contributed by atoms with Gasteiger partial charge in [0.1, 0.15) is 5.75 Å². The van der Waals surface area contributed by atoms with Gasteiger partial charge in [-0.05, 0) is 49.7 Å². The van der Waals surface area contributed by atoms with Gasteiger partial charge >= 0.3 is 0 Å². The van der Waals surface area contributed by atoms with Crippen molar-refractivity contribution in [3.8, 4) is 17.2 Å². The molecule has 0 radical (unpaired) electrons. The molecule has 0 aliphatic carbocycles. The first kappa shape index (κ1) is 15.1. The minimum absolute atomic E-state index is 0.493. The summed E-state index contributed by atoms with van der Waals surface area (Å²) >= 11 is 0. The zero-order chi connectivity index (χ0) is 16.2. The Morgan fingerprint density at radius 3 is 2.52 bits per heavy atom. The molecule has 3 rings (SSSR count). The molecule has 2 aromatic carbocycles. The quantitative estimate of drug-likeness (QED) is 0.772. The van der Waals surface area contributed by atoms with Gasteiger partial charge in [0, 0.05) is 11.3 Å². The normalized spacial score (nSPS) is 10.6. The van der Waals surface area contributed by atoms with Crippen LogP contribution >= 0.6 is 0 Å². The fourth-order valence-electron chi connectivity index (χ4n) is 2.36. The molecule has 0 unspecified atom stereocenters. The third-order valence-electron chi connectivity index (χ3n) is 3.62. The van der Waals surface area contributed by atoms with Crippen molar-refractivity contribution in [1.82, 2.24) is 10.2 Å². The first-order chi connectivity index (χ1) is 11.2. The smallest absolute Gasteiger partial charge is 0.247 e. The van der Waals surface area contributed by atoms with Gasteiger partial charge in [0.25, 0.3) is 0 Å². The van der Waals surface area contributed by atoms with Crippen LogP contribution in [0.4, 0.5) is 5.69 Å². The maximum atomic E-state index is 5.70. The monoisotopic (exact) mass is 309 g/mol. The third kappa shape index (κ3) is 3.51. The molecule has 0 aliphatic heterocycles. The van der Waals surface area contributed by atoms with Crippen LogP contribution in [-0.2, 0) is 6.54 Å². The molecule has 0 saturated carbocycles. The average molecular weight is 309 g/mol. The van der Waals surface area contributed by atoms with Gasteiger partial charge in [0.15, 0.2) is 0 Å². The first-order valence-electron chi connectivity index (χ1n) is 7.43. The van der Waals surface area contributed by atoms with E-state index in [1.54, 1.807) is 7.11 Å². The molecule has 23 heavy (non-hydrogen) atoms. The minimum atomic E-state index is 0.493. The molecule has 0 atom stereocenters. The van der Waals surface area contributed by atoms with Crippen LogP contribution in [0.1, 0.15) is 17.0 Å². The van der Waals surface area contributed by atoms with E-state index in [-0.39, 0.29) is 0 Å². The van der Waals surface area contributed by atoms with Crippen LogP contribution in [-0.4, -0.2) is 17.3 Å². The highest BCUT2D eigenvalue weighted by molar-refractivity contribution is 5.54. The Bertz CT molecular complexity index is 794. The van der Waals surface area contributed by atoms with Crippen LogP contribution in [0.5, 0.6) is 5.75 Å². The van der Waals surface area contributed by atoms with Crippen LogP contribution in [0.25, 0.3) is 11.5 Å². The van der Waals surface area contributed by atoms with E-state index < -0.39 is 0 Å². The molecule has 1 N–H and O–H groups in total. The fourth-order valence-corrected chi connectivity index (χ4v) is 2.36. The van der Waals surface area contributed by atoms with Crippen molar-refractivity contribution >= 4 is 5.69 Å². The zero-order valence-corrected chi connectivity index (χ0v) is 13.5. The van der Waals surface area contributed by atoms with Crippen LogP contribution in [0.15, 0.2) is 46.9 Å². The Kier molecular flexibility index (Phi) is 4.28. The Morgan fingerprint density at radius 1 is 1.04 bits per heavy atom. The number of aryl methyl sites for hydroxylation is 2. The van der Waals surface area contributed by atoms with E-state index in [4.69, 9.17) is 9.15 Å². The van der Waals surface area contributed by atoms with Crippen molar-refractivity contribution in [3.05, 3.63) is 59.5 Å². The second-order valence-corrected chi connectivity index (χ2v) is 5.40. The highest BCUT2D eigenvalue weighted by atomic mass is 16.5. The second-order valence-electron chi connectivity index (χ2n) is 5.40. The molecule has 118 valence electrons. The van der Waals surface area contributed by atoms with Gasteiger partial charge in [-0.15, -0.1) is 10.2 Å². The molecule has 0 saturated heterocycles. The molecule has 1 aromatic heterocycles. The number of aromatic nitrogens is 2. The maximum Gasteiger partial charge on any atom is 0.247 e. The van der Waals surface area contributed by atoms with Crippen molar-refractivity contribution in [2.75, 3.05) is 12.4 Å². The van der Waals surface area contributed by atoms with E-state index in [2.05, 4.69) is 47.6 Å². The van der Waals surface area contributed by atoms with Crippen molar-refractivity contribution in [3.63, 3.8) is 0 Å². The fraction of sp³-hybridized carbons (Fsp3) is 0.222. The molecule has 0 spiro atoms. The molecular formula is C18H19N3O2. The molecule has 5 nitrogen and oxygen atoms in total. The summed E-state index contributed by atoms with van der Waals surface area (Å²) in [6.07, 6.45) is 0. The van der Waals surface area contributed by atoms with Gasteiger partial charge in [-0.2, -0.15) is 0 Å². The molecule has 0 amide bonds. The number of hydrogen-bond donors (Lipinski definition) is 1. The predicted octanol–water partition coefficient (Wildman–Crippen LogP) is 3.97. The average Bonchev–Trinajstić information content (AvgIpc) is 3.03. The number of nitrogens with one attached hydrogen (secondary N) is 1. The van der Waals surface area contributed by atoms with Crippen molar-refractivity contribution < 1.29 is 9.15 Å². The van der Waals surface area contributed by atoms with E-state index >= 15 is 0 Å². The molecule has 0 aliphatic rings. The molecule has 5 heteroatoms. The molecule has 0 fully saturated rings. The molecule has 0 bridgehead atoms. The van der Waals surface area contributed by atoms with Gasteiger partial charge in [0.05, 0.1) is 13.7 Å². The highest BCUT2D eigenvalue weighted by Gasteiger charge is 2.09. The lowest BCUT2D eigenvalue weighted by Crippen LogP contribution is -2.01. The topological polar surface area (TPSA) is 60.2 Å². The Labute approximate surface area is 135 Å². The van der Waals surface area contributed by atoms with E-state index in [0.29, 0.717) is 18.3 Å². The van der Waals surface area contributed by atoms with Gasteiger partial charge < -0.3 is 14.5 Å². The molecule has 3 aromatic rings. The summed E-state index contributed by atoms with van der Waals surface area (Å²) in [6.45, 7) is 4.65. The first-order valence-corrected chi connectivity index (χ1v) is 7.43.